The molecule has 0 aromatic heterocycles. The molecule has 0 radical (unpaired) electrons. The SMILES string of the molecule is C[C@@H](N)c1ccc(Oc2ccc(Br)cc2[N+](=O)[O-])cc1Br. The van der Waals surface area contributed by atoms with Gasteiger partial charge in [-0.15, -0.1) is 0 Å². The van der Waals surface area contributed by atoms with Crippen LogP contribution in [0.5, 0.6) is 11.5 Å². The summed E-state index contributed by atoms with van der Waals surface area (Å²) >= 11 is 6.62. The highest BCUT2D eigenvalue weighted by atomic mass is 79.9. The van der Waals surface area contributed by atoms with E-state index in [1.54, 1.807) is 24.3 Å². The summed E-state index contributed by atoms with van der Waals surface area (Å²) in [5, 5.41) is 11.1. The Morgan fingerprint density at radius 2 is 1.95 bits per heavy atom. The quantitative estimate of drug-likeness (QED) is 0.567. The third-order valence-electron chi connectivity index (χ3n) is 2.81. The van der Waals surface area contributed by atoms with E-state index in [9.17, 15) is 10.1 Å². The maximum atomic E-state index is 11.1. The molecule has 110 valence electrons. The van der Waals surface area contributed by atoms with Crippen molar-refractivity contribution >= 4 is 37.5 Å². The number of nitro benzene ring substituents is 1. The van der Waals surface area contributed by atoms with E-state index in [-0.39, 0.29) is 17.5 Å². The van der Waals surface area contributed by atoms with Crippen LogP contribution >= 0.6 is 31.9 Å². The lowest BCUT2D eigenvalue weighted by molar-refractivity contribution is -0.385. The largest absolute Gasteiger partial charge is 0.450 e. The molecule has 0 amide bonds. The highest BCUT2D eigenvalue weighted by Crippen LogP contribution is 2.35. The molecule has 0 aliphatic heterocycles. The van der Waals surface area contributed by atoms with E-state index >= 15 is 0 Å². The molecule has 0 saturated carbocycles. The van der Waals surface area contributed by atoms with Crippen LogP contribution in [0.1, 0.15) is 18.5 Å². The molecule has 0 fully saturated rings. The van der Waals surface area contributed by atoms with Crippen molar-refractivity contribution in [2.45, 2.75) is 13.0 Å². The van der Waals surface area contributed by atoms with Crippen molar-refractivity contribution in [1.82, 2.24) is 0 Å². The van der Waals surface area contributed by atoms with Gasteiger partial charge in [0.15, 0.2) is 0 Å². The molecule has 7 heteroatoms. The summed E-state index contributed by atoms with van der Waals surface area (Å²) in [5.41, 5.74) is 6.67. The number of hydrogen-bond acceptors (Lipinski definition) is 4. The highest BCUT2D eigenvalue weighted by molar-refractivity contribution is 9.10. The molecule has 0 aliphatic carbocycles. The fraction of sp³-hybridized carbons (Fsp3) is 0.143. The number of ether oxygens (including phenoxy) is 1. The first-order chi connectivity index (χ1) is 9.88. The average molecular weight is 416 g/mol. The zero-order chi connectivity index (χ0) is 15.6. The summed E-state index contributed by atoms with van der Waals surface area (Å²) in [4.78, 5) is 10.6. The average Bonchev–Trinajstić information content (AvgIpc) is 2.40. The normalized spacial score (nSPS) is 12.0. The van der Waals surface area contributed by atoms with Crippen molar-refractivity contribution in [3.63, 3.8) is 0 Å². The van der Waals surface area contributed by atoms with Gasteiger partial charge in [-0.2, -0.15) is 0 Å². The predicted molar refractivity (Wildman–Crippen MR) is 87.6 cm³/mol. The fourth-order valence-electron chi connectivity index (χ4n) is 1.79. The molecule has 0 aliphatic rings. The molecule has 0 spiro atoms. The summed E-state index contributed by atoms with van der Waals surface area (Å²) in [5.74, 6) is 0.681. The number of nitro groups is 1. The van der Waals surface area contributed by atoms with E-state index < -0.39 is 4.92 Å². The van der Waals surface area contributed by atoms with Gasteiger partial charge in [-0.25, -0.2) is 0 Å². The number of hydrogen-bond donors (Lipinski definition) is 1. The van der Waals surface area contributed by atoms with Gasteiger partial charge in [0.05, 0.1) is 4.92 Å². The second-order valence-electron chi connectivity index (χ2n) is 4.44. The zero-order valence-corrected chi connectivity index (χ0v) is 14.2. The van der Waals surface area contributed by atoms with Gasteiger partial charge in [0.2, 0.25) is 5.75 Å². The van der Waals surface area contributed by atoms with Crippen LogP contribution in [0.25, 0.3) is 0 Å². The first kappa shape index (κ1) is 15.9. The smallest absolute Gasteiger partial charge is 0.312 e. The van der Waals surface area contributed by atoms with Crippen LogP contribution in [-0.2, 0) is 0 Å². The minimum atomic E-state index is -0.481. The molecule has 21 heavy (non-hydrogen) atoms. The second-order valence-corrected chi connectivity index (χ2v) is 6.21. The summed E-state index contributed by atoms with van der Waals surface area (Å²) in [6.45, 7) is 1.88. The molecule has 1 atom stereocenters. The van der Waals surface area contributed by atoms with E-state index in [0.717, 1.165) is 10.0 Å². The number of benzene rings is 2. The third kappa shape index (κ3) is 3.81. The van der Waals surface area contributed by atoms with E-state index in [4.69, 9.17) is 10.5 Å². The minimum absolute atomic E-state index is 0.100. The van der Waals surface area contributed by atoms with E-state index in [1.807, 2.05) is 13.0 Å². The standard InChI is InChI=1S/C14H12Br2N2O3/c1-8(17)11-4-3-10(7-12(11)16)21-14-5-2-9(15)6-13(14)18(19)20/h2-8H,17H2,1H3/t8-/m1/s1. The first-order valence-corrected chi connectivity index (χ1v) is 7.64. The molecule has 2 rings (SSSR count). The Hall–Kier alpha value is -1.44. The summed E-state index contributed by atoms with van der Waals surface area (Å²) in [6.07, 6.45) is 0. The Morgan fingerprint density at radius 3 is 2.52 bits per heavy atom. The number of rotatable bonds is 4. The van der Waals surface area contributed by atoms with Gasteiger partial charge >= 0.3 is 5.69 Å². The Morgan fingerprint density at radius 1 is 1.24 bits per heavy atom. The van der Waals surface area contributed by atoms with Crippen LogP contribution in [0, 0.1) is 10.1 Å². The van der Waals surface area contributed by atoms with Crippen LogP contribution in [-0.4, -0.2) is 4.92 Å². The van der Waals surface area contributed by atoms with Gasteiger partial charge in [0.25, 0.3) is 0 Å². The van der Waals surface area contributed by atoms with E-state index in [2.05, 4.69) is 31.9 Å². The predicted octanol–water partition coefficient (Wildman–Crippen LogP) is 4.93. The fourth-order valence-corrected chi connectivity index (χ4v) is 2.85. The molecule has 0 unspecified atom stereocenters. The highest BCUT2D eigenvalue weighted by Gasteiger charge is 2.17. The molecule has 0 saturated heterocycles. The summed E-state index contributed by atoms with van der Waals surface area (Å²) in [6, 6.07) is 9.83. The molecule has 0 bridgehead atoms. The van der Waals surface area contributed by atoms with Crippen molar-refractivity contribution in [1.29, 1.82) is 0 Å². The maximum Gasteiger partial charge on any atom is 0.312 e. The van der Waals surface area contributed by atoms with Crippen molar-refractivity contribution in [2.75, 3.05) is 0 Å². The van der Waals surface area contributed by atoms with Crippen LogP contribution in [0.3, 0.4) is 0 Å². The third-order valence-corrected chi connectivity index (χ3v) is 3.99. The summed E-state index contributed by atoms with van der Waals surface area (Å²) in [7, 11) is 0. The van der Waals surface area contributed by atoms with Gasteiger partial charge in [-0.05, 0) is 36.8 Å². The Kier molecular flexibility index (Phi) is 4.97. The van der Waals surface area contributed by atoms with Crippen LogP contribution in [0.4, 0.5) is 5.69 Å². The summed E-state index contributed by atoms with van der Waals surface area (Å²) < 4.78 is 7.03. The number of halogens is 2. The molecular weight excluding hydrogens is 404 g/mol. The van der Waals surface area contributed by atoms with Gasteiger partial charge in [-0.3, -0.25) is 10.1 Å². The van der Waals surface area contributed by atoms with Crippen LogP contribution in [0.2, 0.25) is 0 Å². The van der Waals surface area contributed by atoms with Crippen LogP contribution in [0.15, 0.2) is 45.3 Å². The van der Waals surface area contributed by atoms with E-state index in [0.29, 0.717) is 10.2 Å². The lowest BCUT2D eigenvalue weighted by Gasteiger charge is -2.11. The Labute approximate surface area is 138 Å². The van der Waals surface area contributed by atoms with Crippen molar-refractivity contribution in [3.8, 4) is 11.5 Å². The molecule has 2 N–H and O–H groups in total. The monoisotopic (exact) mass is 414 g/mol. The van der Waals surface area contributed by atoms with Gasteiger partial charge in [0, 0.05) is 21.1 Å². The molecule has 5 nitrogen and oxygen atoms in total. The Balaban J connectivity index is 2.35. The number of nitrogens with zero attached hydrogens (tertiary/aromatic N) is 1. The molecule has 2 aromatic rings. The van der Waals surface area contributed by atoms with Crippen molar-refractivity contribution in [3.05, 3.63) is 61.0 Å². The molecular formula is C14H12Br2N2O3. The zero-order valence-electron chi connectivity index (χ0n) is 11.0. The maximum absolute atomic E-state index is 11.1. The van der Waals surface area contributed by atoms with Crippen LogP contribution < -0.4 is 10.5 Å². The van der Waals surface area contributed by atoms with Crippen molar-refractivity contribution in [2.24, 2.45) is 5.73 Å². The second kappa shape index (κ2) is 6.55. The van der Waals surface area contributed by atoms with Gasteiger partial charge < -0.3 is 10.5 Å². The topological polar surface area (TPSA) is 78.4 Å². The molecule has 2 aromatic carbocycles. The lowest BCUT2D eigenvalue weighted by atomic mass is 10.1. The first-order valence-electron chi connectivity index (χ1n) is 6.05. The minimum Gasteiger partial charge on any atom is -0.450 e. The van der Waals surface area contributed by atoms with E-state index in [1.165, 1.54) is 6.07 Å². The molecule has 0 heterocycles. The van der Waals surface area contributed by atoms with Gasteiger partial charge in [-0.1, -0.05) is 37.9 Å². The number of nitrogens with two attached hydrogens (primary N) is 1. The van der Waals surface area contributed by atoms with Crippen molar-refractivity contribution < 1.29 is 9.66 Å². The lowest BCUT2D eigenvalue weighted by Crippen LogP contribution is -2.05. The van der Waals surface area contributed by atoms with Gasteiger partial charge in [0.1, 0.15) is 5.75 Å². The Bertz CT molecular complexity index is 690.